The number of hydrogen-bond acceptors (Lipinski definition) is 2. The van der Waals surface area contributed by atoms with Crippen LogP contribution >= 0.6 is 24.0 Å². The summed E-state index contributed by atoms with van der Waals surface area (Å²) in [5.41, 5.74) is 4.58. The van der Waals surface area contributed by atoms with Crippen molar-refractivity contribution in [2.24, 2.45) is 5.73 Å². The summed E-state index contributed by atoms with van der Waals surface area (Å²) >= 11 is 5.52. The van der Waals surface area contributed by atoms with Crippen molar-refractivity contribution >= 4 is 24.0 Å². The summed E-state index contributed by atoms with van der Waals surface area (Å²) in [6.45, 7) is 0. The molecule has 0 saturated carbocycles. The molecule has 98 valence electrons. The number of rotatable bonds is 2. The van der Waals surface area contributed by atoms with Crippen molar-refractivity contribution in [2.45, 2.75) is 18.3 Å². The summed E-state index contributed by atoms with van der Waals surface area (Å²) in [6.07, 6.45) is -7.78. The van der Waals surface area contributed by atoms with Gasteiger partial charge in [-0.3, -0.25) is 0 Å². The maximum Gasteiger partial charge on any atom is 0.416 e. The van der Waals surface area contributed by atoms with Gasteiger partial charge in [0, 0.05) is 10.6 Å². The predicted molar refractivity (Wildman–Crippen MR) is 57.6 cm³/mol. The van der Waals surface area contributed by atoms with Crippen molar-refractivity contribution in [2.75, 3.05) is 0 Å². The lowest BCUT2D eigenvalue weighted by Gasteiger charge is -2.22. The first-order valence-electron chi connectivity index (χ1n) is 4.19. The molecule has 2 nitrogen and oxygen atoms in total. The summed E-state index contributed by atoms with van der Waals surface area (Å²) < 4.78 is 49.7. The van der Waals surface area contributed by atoms with E-state index in [2.05, 4.69) is 0 Å². The van der Waals surface area contributed by atoms with Gasteiger partial charge in [-0.1, -0.05) is 17.7 Å². The Kier molecular flexibility index (Phi) is 5.67. The zero-order valence-electron chi connectivity index (χ0n) is 8.21. The van der Waals surface area contributed by atoms with Crippen LogP contribution in [0.2, 0.25) is 5.02 Å². The van der Waals surface area contributed by atoms with E-state index in [1.54, 1.807) is 0 Å². The fourth-order valence-electron chi connectivity index (χ4n) is 1.19. The Morgan fingerprint density at radius 2 is 1.82 bits per heavy atom. The van der Waals surface area contributed by atoms with E-state index in [0.717, 1.165) is 6.07 Å². The van der Waals surface area contributed by atoms with Crippen LogP contribution in [-0.2, 0) is 0 Å². The van der Waals surface area contributed by atoms with Gasteiger partial charge in [0.2, 0.25) is 0 Å². The van der Waals surface area contributed by atoms with E-state index in [0.29, 0.717) is 0 Å². The van der Waals surface area contributed by atoms with Crippen molar-refractivity contribution in [3.05, 3.63) is 34.6 Å². The summed E-state index contributed by atoms with van der Waals surface area (Å²) in [4.78, 5) is 0. The minimum atomic E-state index is -4.93. The van der Waals surface area contributed by atoms with Gasteiger partial charge in [-0.25, -0.2) is 4.39 Å². The molecule has 0 aliphatic rings. The normalized spacial score (nSPS) is 15.0. The first-order chi connectivity index (χ1) is 7.25. The van der Waals surface area contributed by atoms with Crippen molar-refractivity contribution < 1.29 is 22.7 Å². The van der Waals surface area contributed by atoms with Crippen LogP contribution in [0, 0.1) is 5.82 Å². The van der Waals surface area contributed by atoms with Crippen molar-refractivity contribution in [1.82, 2.24) is 0 Å². The molecule has 3 N–H and O–H groups in total. The Morgan fingerprint density at radius 3 is 2.24 bits per heavy atom. The number of nitrogens with two attached hydrogens (primary N) is 1. The molecule has 0 bridgehead atoms. The number of alkyl halides is 3. The van der Waals surface area contributed by atoms with Crippen LogP contribution in [-0.4, -0.2) is 17.4 Å². The smallest absolute Gasteiger partial charge is 0.382 e. The van der Waals surface area contributed by atoms with E-state index in [4.69, 9.17) is 22.4 Å². The third kappa shape index (κ3) is 3.70. The first-order valence-corrected chi connectivity index (χ1v) is 4.57. The molecule has 0 spiro atoms. The van der Waals surface area contributed by atoms with Gasteiger partial charge < -0.3 is 10.8 Å². The fraction of sp³-hybridized carbons (Fsp3) is 0.333. The largest absolute Gasteiger partial charge is 0.416 e. The van der Waals surface area contributed by atoms with Crippen molar-refractivity contribution in [3.63, 3.8) is 0 Å². The van der Waals surface area contributed by atoms with Gasteiger partial charge in [0.15, 0.2) is 6.10 Å². The highest BCUT2D eigenvalue weighted by atomic mass is 35.5. The Balaban J connectivity index is 0.00000256. The molecule has 2 atom stereocenters. The Morgan fingerprint density at radius 1 is 1.29 bits per heavy atom. The molecule has 0 fully saturated rings. The maximum absolute atomic E-state index is 13.2. The lowest BCUT2D eigenvalue weighted by molar-refractivity contribution is -0.210. The van der Waals surface area contributed by atoms with E-state index in [1.165, 1.54) is 12.1 Å². The predicted octanol–water partition coefficient (Wildman–Crippen LogP) is 2.82. The van der Waals surface area contributed by atoms with Crippen LogP contribution in [0.15, 0.2) is 18.2 Å². The second-order valence-electron chi connectivity index (χ2n) is 3.15. The third-order valence-electron chi connectivity index (χ3n) is 2.01. The summed E-state index contributed by atoms with van der Waals surface area (Å²) in [7, 11) is 0. The molecule has 8 heteroatoms. The van der Waals surface area contributed by atoms with Gasteiger partial charge in [-0.05, 0) is 12.1 Å². The number of halogens is 6. The van der Waals surface area contributed by atoms with Gasteiger partial charge >= 0.3 is 6.18 Å². The molecule has 0 aliphatic heterocycles. The average molecular weight is 294 g/mol. The Bertz CT molecular complexity index is 365. The maximum atomic E-state index is 13.2. The monoisotopic (exact) mass is 293 g/mol. The van der Waals surface area contributed by atoms with Crippen LogP contribution in [0.3, 0.4) is 0 Å². The summed E-state index contributed by atoms with van der Waals surface area (Å²) in [5.74, 6) is -0.983. The third-order valence-corrected chi connectivity index (χ3v) is 2.34. The second-order valence-corrected chi connectivity index (χ2v) is 3.55. The Hall–Kier alpha value is -0.560. The SMILES string of the molecule is Cl.N[C@@H](c1c(F)cccc1Cl)[C@H](O)C(F)(F)F. The van der Waals surface area contributed by atoms with E-state index in [9.17, 15) is 17.6 Å². The molecule has 1 aromatic carbocycles. The number of aliphatic hydroxyl groups excluding tert-OH is 1. The molecule has 17 heavy (non-hydrogen) atoms. The van der Waals surface area contributed by atoms with Crippen LogP contribution in [0.25, 0.3) is 0 Å². The highest BCUT2D eigenvalue weighted by Gasteiger charge is 2.43. The van der Waals surface area contributed by atoms with Crippen LogP contribution in [0.5, 0.6) is 0 Å². The quantitative estimate of drug-likeness (QED) is 0.824. The first kappa shape index (κ1) is 16.4. The lowest BCUT2D eigenvalue weighted by Crippen LogP contribution is -2.39. The molecule has 1 aromatic rings. The van der Waals surface area contributed by atoms with Crippen LogP contribution in [0.1, 0.15) is 11.6 Å². The van der Waals surface area contributed by atoms with E-state index in [-0.39, 0.29) is 17.4 Å². The minimum Gasteiger partial charge on any atom is -0.382 e. The summed E-state index contributed by atoms with van der Waals surface area (Å²) in [6, 6.07) is 1.40. The van der Waals surface area contributed by atoms with Crippen molar-refractivity contribution in [3.8, 4) is 0 Å². The molecular formula is C9H9Cl2F4NO. The molecule has 0 radical (unpaired) electrons. The zero-order chi connectivity index (χ0) is 12.5. The van der Waals surface area contributed by atoms with E-state index < -0.39 is 29.7 Å². The molecular weight excluding hydrogens is 285 g/mol. The topological polar surface area (TPSA) is 46.2 Å². The minimum absolute atomic E-state index is 0. The number of aliphatic hydroxyl groups is 1. The molecule has 0 heterocycles. The summed E-state index contributed by atoms with van der Waals surface area (Å²) in [5, 5.41) is 8.63. The number of benzene rings is 1. The standard InChI is InChI=1S/C9H8ClF4NO.ClH/c10-4-2-1-3-5(11)6(4)7(15)8(16)9(12,13)14;/h1-3,7-8,16H,15H2;1H/t7-,8-;/m0./s1. The van der Waals surface area contributed by atoms with Gasteiger partial charge in [-0.2, -0.15) is 13.2 Å². The average Bonchev–Trinajstić information content (AvgIpc) is 2.14. The molecule has 0 saturated heterocycles. The second kappa shape index (κ2) is 5.86. The highest BCUT2D eigenvalue weighted by Crippen LogP contribution is 2.33. The lowest BCUT2D eigenvalue weighted by atomic mass is 10.0. The molecule has 1 rings (SSSR count). The Labute approximate surface area is 106 Å². The van der Waals surface area contributed by atoms with E-state index >= 15 is 0 Å². The molecule has 0 unspecified atom stereocenters. The van der Waals surface area contributed by atoms with E-state index in [1.807, 2.05) is 0 Å². The molecule has 0 aliphatic carbocycles. The molecule has 0 amide bonds. The van der Waals surface area contributed by atoms with Gasteiger partial charge in [0.25, 0.3) is 0 Å². The van der Waals surface area contributed by atoms with Gasteiger partial charge in [0.05, 0.1) is 6.04 Å². The fourth-order valence-corrected chi connectivity index (χ4v) is 1.48. The molecule has 0 aromatic heterocycles. The van der Waals surface area contributed by atoms with Crippen molar-refractivity contribution in [1.29, 1.82) is 0 Å². The zero-order valence-corrected chi connectivity index (χ0v) is 9.78. The van der Waals surface area contributed by atoms with Crippen LogP contribution < -0.4 is 5.73 Å². The highest BCUT2D eigenvalue weighted by molar-refractivity contribution is 6.31. The van der Waals surface area contributed by atoms with Crippen LogP contribution in [0.4, 0.5) is 17.6 Å². The number of hydrogen-bond donors (Lipinski definition) is 2. The van der Waals surface area contributed by atoms with Gasteiger partial charge in [0.1, 0.15) is 5.82 Å². The van der Waals surface area contributed by atoms with Gasteiger partial charge in [-0.15, -0.1) is 12.4 Å².